The van der Waals surface area contributed by atoms with Gasteiger partial charge in [-0.15, -0.1) is 0 Å². The summed E-state index contributed by atoms with van der Waals surface area (Å²) in [7, 11) is 0. The van der Waals surface area contributed by atoms with Crippen LogP contribution in [0.25, 0.3) is 0 Å². The first-order chi connectivity index (χ1) is 20.9. The molecule has 2 saturated heterocycles. The van der Waals surface area contributed by atoms with Gasteiger partial charge >= 0.3 is 41.8 Å². The van der Waals surface area contributed by atoms with Gasteiger partial charge in [0, 0.05) is 54.2 Å². The highest BCUT2D eigenvalue weighted by Gasteiger charge is 2.71. The van der Waals surface area contributed by atoms with Crippen molar-refractivity contribution in [1.82, 2.24) is 0 Å². The van der Waals surface area contributed by atoms with Crippen LogP contribution in [0.1, 0.15) is 48.5 Å². The third-order valence-corrected chi connectivity index (χ3v) is 6.88. The van der Waals surface area contributed by atoms with E-state index in [4.69, 9.17) is 47.4 Å². The van der Waals surface area contributed by atoms with Crippen molar-refractivity contribution in [1.29, 1.82) is 0 Å². The average molecular weight is 685 g/mol. The van der Waals surface area contributed by atoms with Crippen LogP contribution in [0.3, 0.4) is 0 Å². The van der Waals surface area contributed by atoms with Crippen molar-refractivity contribution in [2.75, 3.05) is 18.1 Å². The molecule has 2 fully saturated rings. The second-order valence-electron chi connectivity index (χ2n) is 9.88. The summed E-state index contributed by atoms with van der Waals surface area (Å²) in [5.74, 6) is -12.0. The fourth-order valence-electron chi connectivity index (χ4n) is 4.74. The summed E-state index contributed by atoms with van der Waals surface area (Å²) in [6.45, 7) is 6.23. The molecule has 45 heavy (non-hydrogen) atoms. The van der Waals surface area contributed by atoms with Gasteiger partial charge in [-0.3, -0.25) is 38.3 Å². The van der Waals surface area contributed by atoms with Crippen LogP contribution >= 0.6 is 25.3 Å². The van der Waals surface area contributed by atoms with E-state index in [1.807, 2.05) is 0 Å². The molecule has 0 N–H and O–H groups in total. The fraction of sp³-hybridized carbons (Fsp3) is 0.731. The summed E-state index contributed by atoms with van der Waals surface area (Å²) in [4.78, 5) is 85.2. The molecule has 0 aromatic carbocycles. The number of carbonyl (C=O) groups excluding carboxylic acids is 7. The van der Waals surface area contributed by atoms with E-state index < -0.39 is 109 Å². The second-order valence-corrected chi connectivity index (χ2v) is 10.6. The van der Waals surface area contributed by atoms with Gasteiger partial charge in [0.15, 0.2) is 18.3 Å². The molecule has 0 bridgehead atoms. The van der Waals surface area contributed by atoms with E-state index in [9.17, 15) is 33.6 Å². The highest BCUT2D eigenvalue weighted by atomic mass is 32.1. The van der Waals surface area contributed by atoms with Gasteiger partial charge in [-0.1, -0.05) is 0 Å². The predicted molar refractivity (Wildman–Crippen MR) is 150 cm³/mol. The molecule has 2 aliphatic heterocycles. The summed E-state index contributed by atoms with van der Waals surface area (Å²) in [6.07, 6.45) is -11.4. The summed E-state index contributed by atoms with van der Waals surface area (Å²) >= 11 is 8.45. The Hall–Kier alpha value is -3.13. The third kappa shape index (κ3) is 9.68. The van der Waals surface area contributed by atoms with Crippen LogP contribution in [-0.2, 0) is 80.9 Å². The Morgan fingerprint density at radius 2 is 1.07 bits per heavy atom. The van der Waals surface area contributed by atoms with E-state index in [1.54, 1.807) is 0 Å². The van der Waals surface area contributed by atoms with E-state index >= 15 is 0 Å². The molecule has 0 aliphatic carbocycles. The van der Waals surface area contributed by atoms with Crippen molar-refractivity contribution in [2.24, 2.45) is 0 Å². The van der Waals surface area contributed by atoms with Gasteiger partial charge in [0.25, 0.3) is 11.6 Å². The summed E-state index contributed by atoms with van der Waals surface area (Å²) in [5, 5.41) is 0. The molecular weight excluding hydrogens is 648 g/mol. The zero-order chi connectivity index (χ0) is 34.3. The van der Waals surface area contributed by atoms with Gasteiger partial charge in [-0.25, -0.2) is 0 Å². The molecule has 9 atom stereocenters. The molecule has 2 heterocycles. The highest BCUT2D eigenvalue weighted by Crippen LogP contribution is 2.47. The van der Waals surface area contributed by atoms with Crippen molar-refractivity contribution in [3.63, 3.8) is 0 Å². The van der Waals surface area contributed by atoms with Gasteiger partial charge < -0.3 is 42.6 Å². The minimum Gasteiger partial charge on any atom is -0.460 e. The topological polar surface area (TPSA) is 212 Å². The molecule has 0 aromatic heterocycles. The van der Waals surface area contributed by atoms with Crippen LogP contribution in [0.5, 0.6) is 0 Å². The van der Waals surface area contributed by atoms with Crippen molar-refractivity contribution in [3.8, 4) is 0 Å². The largest absolute Gasteiger partial charge is 0.460 e. The molecule has 9 unspecified atom stereocenters. The van der Waals surface area contributed by atoms with Crippen LogP contribution in [0.4, 0.5) is 0 Å². The molecule has 2 aliphatic rings. The van der Waals surface area contributed by atoms with Crippen LogP contribution in [0.2, 0.25) is 0 Å². The van der Waals surface area contributed by atoms with Crippen LogP contribution in [0.15, 0.2) is 0 Å². The lowest BCUT2D eigenvalue weighted by atomic mass is 9.98. The molecule has 0 saturated carbocycles. The lowest BCUT2D eigenvalue weighted by Gasteiger charge is -2.46. The van der Waals surface area contributed by atoms with Crippen molar-refractivity contribution in [3.05, 3.63) is 0 Å². The fourth-order valence-corrected chi connectivity index (χ4v) is 5.34. The Labute approximate surface area is 268 Å². The first-order valence-electron chi connectivity index (χ1n) is 13.3. The van der Waals surface area contributed by atoms with E-state index in [0.717, 1.165) is 48.5 Å². The molecule has 254 valence electrons. The number of ether oxygens (including phenoxy) is 10. The van der Waals surface area contributed by atoms with E-state index in [2.05, 4.69) is 25.3 Å². The highest BCUT2D eigenvalue weighted by molar-refractivity contribution is 7.80. The quantitative estimate of drug-likeness (QED) is 0.155. The molecule has 0 spiro atoms. The smallest absolute Gasteiger partial charge is 0.305 e. The van der Waals surface area contributed by atoms with Crippen molar-refractivity contribution < 1.29 is 80.9 Å². The van der Waals surface area contributed by atoms with Gasteiger partial charge in [0.1, 0.15) is 12.7 Å². The summed E-state index contributed by atoms with van der Waals surface area (Å²) in [6, 6.07) is 0. The SMILES string of the molecule is CC(=O)OCC1(OC2OC(CS)C(OC(C)=O)C(OC(C)=O)C2OC(C)=O)OC(CS)(OC(C)=O)C(OC(C)=O)C1OC(C)=O. The second kappa shape index (κ2) is 15.9. The number of hydrogen-bond acceptors (Lipinski definition) is 19. The molecule has 0 radical (unpaired) electrons. The van der Waals surface area contributed by atoms with E-state index in [-0.39, 0.29) is 5.75 Å². The molecule has 19 heteroatoms. The maximum atomic E-state index is 12.4. The zero-order valence-corrected chi connectivity index (χ0v) is 27.3. The molecule has 17 nitrogen and oxygen atoms in total. The number of esters is 7. The molecular formula is C26H36O17S2. The maximum absolute atomic E-state index is 12.4. The molecule has 0 aromatic rings. The van der Waals surface area contributed by atoms with Gasteiger partial charge in [-0.2, -0.15) is 25.3 Å². The minimum atomic E-state index is -2.56. The van der Waals surface area contributed by atoms with Crippen LogP contribution in [-0.4, -0.2) is 114 Å². The Morgan fingerprint density at radius 1 is 0.600 bits per heavy atom. The van der Waals surface area contributed by atoms with Crippen molar-refractivity contribution in [2.45, 2.75) is 103 Å². The molecule has 0 amide bonds. The lowest BCUT2D eigenvalue weighted by Crippen LogP contribution is -2.65. The third-order valence-electron chi connectivity index (χ3n) is 6.08. The minimum absolute atomic E-state index is 0.183. The van der Waals surface area contributed by atoms with E-state index in [1.165, 1.54) is 0 Å². The summed E-state index contributed by atoms with van der Waals surface area (Å²) in [5.41, 5.74) is 0. The Bertz CT molecular complexity index is 1160. The number of hydrogen-bond donors (Lipinski definition) is 2. The van der Waals surface area contributed by atoms with Gasteiger partial charge in [0.05, 0.1) is 5.75 Å². The Morgan fingerprint density at radius 3 is 1.49 bits per heavy atom. The lowest BCUT2D eigenvalue weighted by molar-refractivity contribution is -0.397. The van der Waals surface area contributed by atoms with Gasteiger partial charge in [-0.05, 0) is 0 Å². The number of rotatable bonds is 12. The normalized spacial score (nSPS) is 32.4. The first-order valence-corrected chi connectivity index (χ1v) is 14.6. The Balaban J connectivity index is 2.84. The zero-order valence-electron chi connectivity index (χ0n) is 25.5. The van der Waals surface area contributed by atoms with E-state index in [0.29, 0.717) is 0 Å². The number of thiol groups is 2. The number of carbonyl (C=O) groups is 7. The standard InChI is InChI=1S/C26H36O17S2/c1-11(27)34-9-25(22(38-15(5)31)23(39-16(6)32)26(10-45,43-25)41-17(7)33)42-24-21(37-14(4)30)20(36-13(3)29)19(35-12(2)28)18(8-44)40-24/h18-24,44-45H,8-10H2,1-7H3. The van der Waals surface area contributed by atoms with Crippen LogP contribution in [0, 0.1) is 0 Å². The monoisotopic (exact) mass is 684 g/mol. The van der Waals surface area contributed by atoms with Gasteiger partial charge in [0.2, 0.25) is 18.5 Å². The van der Waals surface area contributed by atoms with Crippen molar-refractivity contribution >= 4 is 67.0 Å². The summed E-state index contributed by atoms with van der Waals surface area (Å²) < 4.78 is 55.9. The maximum Gasteiger partial charge on any atom is 0.305 e. The average Bonchev–Trinajstić information content (AvgIpc) is 3.12. The Kier molecular flexibility index (Phi) is 13.5. The van der Waals surface area contributed by atoms with Crippen LogP contribution < -0.4 is 0 Å². The molecule has 2 rings (SSSR count). The predicted octanol–water partition coefficient (Wildman–Crippen LogP) is -0.205. The first kappa shape index (κ1) is 38.1.